The van der Waals surface area contributed by atoms with Gasteiger partial charge in [-0.05, 0) is 12.1 Å². The summed E-state index contributed by atoms with van der Waals surface area (Å²) in [6.45, 7) is 3.51. The van der Waals surface area contributed by atoms with Crippen LogP contribution in [0.1, 0.15) is 6.92 Å². The van der Waals surface area contributed by atoms with Crippen LogP contribution in [0.3, 0.4) is 0 Å². The van der Waals surface area contributed by atoms with Gasteiger partial charge in [-0.25, -0.2) is 9.37 Å². The zero-order valence-corrected chi connectivity index (χ0v) is 10.2. The van der Waals surface area contributed by atoms with Crippen molar-refractivity contribution in [1.29, 1.82) is 0 Å². The monoisotopic (exact) mass is 253 g/mol. The van der Waals surface area contributed by atoms with E-state index in [-0.39, 0.29) is 17.8 Å². The van der Waals surface area contributed by atoms with Crippen LogP contribution in [0.2, 0.25) is 0 Å². The summed E-state index contributed by atoms with van der Waals surface area (Å²) < 4.78 is 19.1. The molecule has 5 nitrogen and oxygen atoms in total. The number of aromatic nitrogens is 1. The number of halogens is 1. The van der Waals surface area contributed by atoms with Crippen molar-refractivity contribution < 1.29 is 13.9 Å². The Morgan fingerprint density at radius 2 is 2.56 bits per heavy atom. The molecule has 1 unspecified atom stereocenters. The standard InChI is InChI=1S/C12H16FN3O2/c1-9(17)15-7-10-8-16(5-6-18-10)12-11(13)3-2-4-14-12/h2-4,10H,5-8H2,1H3,(H,15,17). The van der Waals surface area contributed by atoms with Crippen molar-refractivity contribution in [3.63, 3.8) is 0 Å². The fourth-order valence-corrected chi connectivity index (χ4v) is 1.90. The Balaban J connectivity index is 1.98. The van der Waals surface area contributed by atoms with Crippen molar-refractivity contribution >= 4 is 11.7 Å². The molecule has 6 heteroatoms. The van der Waals surface area contributed by atoms with E-state index < -0.39 is 0 Å². The minimum absolute atomic E-state index is 0.0975. The van der Waals surface area contributed by atoms with Gasteiger partial charge in [0.1, 0.15) is 0 Å². The number of nitrogens with zero attached hydrogens (tertiary/aromatic N) is 2. The van der Waals surface area contributed by atoms with Gasteiger partial charge in [-0.1, -0.05) is 0 Å². The highest BCUT2D eigenvalue weighted by atomic mass is 19.1. The first-order valence-corrected chi connectivity index (χ1v) is 5.88. The molecule has 1 aliphatic heterocycles. The number of pyridine rings is 1. The first-order valence-electron chi connectivity index (χ1n) is 5.88. The maximum Gasteiger partial charge on any atom is 0.216 e. The molecule has 0 aliphatic carbocycles. The molecule has 2 rings (SSSR count). The Hall–Kier alpha value is -1.69. The van der Waals surface area contributed by atoms with E-state index in [9.17, 15) is 9.18 Å². The molecule has 1 aromatic rings. The molecule has 1 N–H and O–H groups in total. The van der Waals surface area contributed by atoms with Gasteiger partial charge < -0.3 is 15.0 Å². The van der Waals surface area contributed by atoms with Gasteiger partial charge in [0.05, 0.1) is 12.7 Å². The van der Waals surface area contributed by atoms with E-state index >= 15 is 0 Å². The number of rotatable bonds is 3. The molecule has 1 fully saturated rings. The number of ether oxygens (including phenoxy) is 1. The zero-order valence-electron chi connectivity index (χ0n) is 10.2. The van der Waals surface area contributed by atoms with Crippen LogP contribution in [-0.4, -0.2) is 43.2 Å². The normalized spacial score (nSPS) is 19.7. The van der Waals surface area contributed by atoms with E-state index in [0.29, 0.717) is 32.1 Å². The number of morpholine rings is 1. The predicted octanol–water partition coefficient (Wildman–Crippen LogP) is 0.562. The number of carbonyl (C=O) groups is 1. The van der Waals surface area contributed by atoms with Gasteiger partial charge in [0.25, 0.3) is 0 Å². The third-order valence-electron chi connectivity index (χ3n) is 2.76. The van der Waals surface area contributed by atoms with Crippen molar-refractivity contribution in [2.24, 2.45) is 0 Å². The number of nitrogens with one attached hydrogen (secondary N) is 1. The third kappa shape index (κ3) is 3.16. The molecule has 98 valence electrons. The van der Waals surface area contributed by atoms with E-state index in [0.717, 1.165) is 0 Å². The Morgan fingerprint density at radius 1 is 1.72 bits per heavy atom. The van der Waals surface area contributed by atoms with Gasteiger partial charge in [-0.15, -0.1) is 0 Å². The molecule has 1 saturated heterocycles. The van der Waals surface area contributed by atoms with Gasteiger partial charge in [0.2, 0.25) is 5.91 Å². The van der Waals surface area contributed by atoms with Crippen molar-refractivity contribution in [2.75, 3.05) is 31.1 Å². The van der Waals surface area contributed by atoms with Crippen LogP contribution >= 0.6 is 0 Å². The quantitative estimate of drug-likeness (QED) is 0.855. The van der Waals surface area contributed by atoms with E-state index in [1.54, 1.807) is 12.3 Å². The van der Waals surface area contributed by atoms with Crippen LogP contribution < -0.4 is 10.2 Å². The second kappa shape index (κ2) is 5.77. The van der Waals surface area contributed by atoms with E-state index in [4.69, 9.17) is 4.74 Å². The number of carbonyl (C=O) groups excluding carboxylic acids is 1. The van der Waals surface area contributed by atoms with Crippen molar-refractivity contribution in [1.82, 2.24) is 10.3 Å². The lowest BCUT2D eigenvalue weighted by Crippen LogP contribution is -2.47. The number of anilines is 1. The van der Waals surface area contributed by atoms with Crippen LogP contribution in [0.4, 0.5) is 10.2 Å². The Labute approximate surface area is 105 Å². The first-order chi connectivity index (χ1) is 8.66. The van der Waals surface area contributed by atoms with E-state index in [2.05, 4.69) is 10.3 Å². The summed E-state index contributed by atoms with van der Waals surface area (Å²) in [4.78, 5) is 16.7. The highest BCUT2D eigenvalue weighted by Crippen LogP contribution is 2.18. The molecule has 1 amide bonds. The average molecular weight is 253 g/mol. The fourth-order valence-electron chi connectivity index (χ4n) is 1.90. The zero-order chi connectivity index (χ0) is 13.0. The summed E-state index contributed by atoms with van der Waals surface area (Å²) in [5.74, 6) is -0.0916. The molecule has 0 aromatic carbocycles. The lowest BCUT2D eigenvalue weighted by Gasteiger charge is -2.33. The molecular formula is C12H16FN3O2. The Morgan fingerprint density at radius 3 is 3.28 bits per heavy atom. The lowest BCUT2D eigenvalue weighted by molar-refractivity contribution is -0.119. The van der Waals surface area contributed by atoms with Crippen LogP contribution in [-0.2, 0) is 9.53 Å². The van der Waals surface area contributed by atoms with Crippen LogP contribution in [0, 0.1) is 5.82 Å². The maximum atomic E-state index is 13.6. The Bertz CT molecular complexity index is 428. The molecule has 0 bridgehead atoms. The van der Waals surface area contributed by atoms with E-state index in [1.165, 1.54) is 13.0 Å². The Kier molecular flexibility index (Phi) is 4.09. The number of amides is 1. The molecule has 2 heterocycles. The largest absolute Gasteiger partial charge is 0.373 e. The van der Waals surface area contributed by atoms with Crippen LogP contribution in [0.5, 0.6) is 0 Å². The molecule has 0 spiro atoms. The van der Waals surface area contributed by atoms with Crippen molar-refractivity contribution in [2.45, 2.75) is 13.0 Å². The van der Waals surface area contributed by atoms with Crippen LogP contribution in [0.15, 0.2) is 18.3 Å². The van der Waals surface area contributed by atoms with Gasteiger partial charge in [0, 0.05) is 32.8 Å². The maximum absolute atomic E-state index is 13.6. The van der Waals surface area contributed by atoms with Crippen LogP contribution in [0.25, 0.3) is 0 Å². The molecule has 0 radical (unpaired) electrons. The second-order valence-corrected chi connectivity index (χ2v) is 4.18. The van der Waals surface area contributed by atoms with Gasteiger partial charge in [-0.2, -0.15) is 0 Å². The highest BCUT2D eigenvalue weighted by molar-refractivity contribution is 5.72. The summed E-state index contributed by atoms with van der Waals surface area (Å²) in [7, 11) is 0. The number of hydrogen-bond donors (Lipinski definition) is 1. The number of hydrogen-bond acceptors (Lipinski definition) is 4. The molecule has 0 saturated carbocycles. The average Bonchev–Trinajstić information content (AvgIpc) is 2.37. The second-order valence-electron chi connectivity index (χ2n) is 4.18. The summed E-state index contributed by atoms with van der Waals surface area (Å²) in [5, 5.41) is 2.70. The smallest absolute Gasteiger partial charge is 0.216 e. The topological polar surface area (TPSA) is 54.5 Å². The lowest BCUT2D eigenvalue weighted by atomic mass is 10.2. The summed E-state index contributed by atoms with van der Waals surface area (Å²) in [5.41, 5.74) is 0. The summed E-state index contributed by atoms with van der Waals surface area (Å²) >= 11 is 0. The molecule has 1 aromatic heterocycles. The minimum Gasteiger partial charge on any atom is -0.373 e. The van der Waals surface area contributed by atoms with E-state index in [1.807, 2.05) is 4.90 Å². The first kappa shape index (κ1) is 12.8. The predicted molar refractivity (Wildman–Crippen MR) is 64.8 cm³/mol. The molecule has 18 heavy (non-hydrogen) atoms. The minimum atomic E-state index is -0.335. The van der Waals surface area contributed by atoms with Gasteiger partial charge in [0.15, 0.2) is 11.6 Å². The fraction of sp³-hybridized carbons (Fsp3) is 0.500. The van der Waals surface area contributed by atoms with Crippen molar-refractivity contribution in [3.8, 4) is 0 Å². The highest BCUT2D eigenvalue weighted by Gasteiger charge is 2.23. The molecule has 1 atom stereocenters. The molecule has 1 aliphatic rings. The van der Waals surface area contributed by atoms with Gasteiger partial charge in [-0.3, -0.25) is 4.79 Å². The molecular weight excluding hydrogens is 237 g/mol. The van der Waals surface area contributed by atoms with Crippen molar-refractivity contribution in [3.05, 3.63) is 24.1 Å². The third-order valence-corrected chi connectivity index (χ3v) is 2.76. The summed E-state index contributed by atoms with van der Waals surface area (Å²) in [6.07, 6.45) is 1.43. The SMILES string of the molecule is CC(=O)NCC1CN(c2ncccc2F)CCO1. The summed E-state index contributed by atoms with van der Waals surface area (Å²) in [6, 6.07) is 2.95. The van der Waals surface area contributed by atoms with Gasteiger partial charge >= 0.3 is 0 Å².